The van der Waals surface area contributed by atoms with E-state index in [0.717, 1.165) is 11.9 Å². The molecule has 1 fully saturated rings. The Hall–Kier alpha value is -2.82. The lowest BCUT2D eigenvalue weighted by atomic mass is 10.0. The zero-order chi connectivity index (χ0) is 17.9. The largest absolute Gasteiger partial charge is 0.419 e. The molecule has 0 aromatic carbocycles. The van der Waals surface area contributed by atoms with E-state index >= 15 is 0 Å². The van der Waals surface area contributed by atoms with Crippen LogP contribution in [0.15, 0.2) is 36.7 Å². The monoisotopic (exact) mass is 347 g/mol. The van der Waals surface area contributed by atoms with Crippen molar-refractivity contribution in [3.63, 3.8) is 0 Å². The maximum Gasteiger partial charge on any atom is 0.419 e. The van der Waals surface area contributed by atoms with Gasteiger partial charge in [0.2, 0.25) is 0 Å². The highest BCUT2D eigenvalue weighted by atomic mass is 19.4. The number of nitrogens with zero attached hydrogens (tertiary/aromatic N) is 4. The quantitative estimate of drug-likeness (QED) is 0.921. The first-order chi connectivity index (χ1) is 12.0. The predicted molar refractivity (Wildman–Crippen MR) is 87.0 cm³/mol. The molecular weight excluding hydrogens is 331 g/mol. The molecule has 1 saturated heterocycles. The van der Waals surface area contributed by atoms with Crippen molar-refractivity contribution in [2.24, 2.45) is 0 Å². The Bertz CT molecular complexity index is 759. The molecule has 25 heavy (non-hydrogen) atoms. The number of alkyl halides is 3. The van der Waals surface area contributed by atoms with Gasteiger partial charge >= 0.3 is 6.18 Å². The number of nitrogens with one attached hydrogen (secondary N) is 1. The van der Waals surface area contributed by atoms with Gasteiger partial charge in [-0.3, -0.25) is 0 Å². The lowest BCUT2D eigenvalue weighted by Crippen LogP contribution is -2.40. The number of hydrogen-bond donors (Lipinski definition) is 1. The van der Waals surface area contributed by atoms with Crippen LogP contribution >= 0.6 is 0 Å². The molecule has 0 atom stereocenters. The molecule has 0 spiro atoms. The van der Waals surface area contributed by atoms with Crippen molar-refractivity contribution in [2.75, 3.05) is 23.3 Å². The van der Waals surface area contributed by atoms with Crippen LogP contribution in [0, 0.1) is 11.3 Å². The van der Waals surface area contributed by atoms with E-state index < -0.39 is 11.7 Å². The Morgan fingerprint density at radius 3 is 2.52 bits per heavy atom. The van der Waals surface area contributed by atoms with Crippen LogP contribution in [0.1, 0.15) is 24.0 Å². The van der Waals surface area contributed by atoms with Crippen LogP contribution < -0.4 is 10.2 Å². The zero-order valence-corrected chi connectivity index (χ0v) is 13.3. The molecule has 3 heterocycles. The third-order valence-electron chi connectivity index (χ3n) is 4.15. The smallest absolute Gasteiger partial charge is 0.367 e. The first-order valence-electron chi connectivity index (χ1n) is 7.87. The molecule has 3 rings (SSSR count). The molecule has 0 amide bonds. The van der Waals surface area contributed by atoms with Crippen LogP contribution in [0.5, 0.6) is 0 Å². The molecule has 0 bridgehead atoms. The summed E-state index contributed by atoms with van der Waals surface area (Å²) < 4.78 is 39.1. The minimum absolute atomic E-state index is 0.0781. The SMILES string of the molecule is N#Cc1ccc(N2CCC(Nc3ncccc3C(F)(F)F)CC2)nc1. The summed E-state index contributed by atoms with van der Waals surface area (Å²) in [6, 6.07) is 7.75. The summed E-state index contributed by atoms with van der Waals surface area (Å²) in [4.78, 5) is 10.2. The van der Waals surface area contributed by atoms with E-state index in [4.69, 9.17) is 5.26 Å². The van der Waals surface area contributed by atoms with E-state index in [1.165, 1.54) is 18.5 Å². The summed E-state index contributed by atoms with van der Waals surface area (Å²) in [6.45, 7) is 1.34. The fraction of sp³-hybridized carbons (Fsp3) is 0.353. The average molecular weight is 347 g/mol. The van der Waals surface area contributed by atoms with E-state index in [9.17, 15) is 13.2 Å². The molecule has 8 heteroatoms. The number of halogens is 3. The van der Waals surface area contributed by atoms with Crippen LogP contribution in [0.3, 0.4) is 0 Å². The van der Waals surface area contributed by atoms with Crippen LogP contribution in [0.4, 0.5) is 24.8 Å². The van der Waals surface area contributed by atoms with Gasteiger partial charge in [0.05, 0.1) is 11.1 Å². The van der Waals surface area contributed by atoms with Gasteiger partial charge in [0.15, 0.2) is 0 Å². The minimum Gasteiger partial charge on any atom is -0.367 e. The fourth-order valence-electron chi connectivity index (χ4n) is 2.83. The summed E-state index contributed by atoms with van der Waals surface area (Å²) in [5.41, 5.74) is -0.249. The first kappa shape index (κ1) is 17.0. The maximum absolute atomic E-state index is 13.0. The molecule has 130 valence electrons. The second-order valence-corrected chi connectivity index (χ2v) is 5.82. The highest BCUT2D eigenvalue weighted by Gasteiger charge is 2.34. The zero-order valence-electron chi connectivity index (χ0n) is 13.3. The van der Waals surface area contributed by atoms with E-state index in [0.29, 0.717) is 31.5 Å². The van der Waals surface area contributed by atoms with Crippen LogP contribution in [0.2, 0.25) is 0 Å². The molecule has 1 aliphatic heterocycles. The molecule has 1 aliphatic rings. The standard InChI is InChI=1S/C17H16F3N5/c18-17(19,20)14-2-1-7-22-16(14)24-13-5-8-25(9-6-13)15-4-3-12(10-21)11-23-15/h1-4,7,11,13H,5-6,8-9H2,(H,22,24). The molecule has 0 aliphatic carbocycles. The second-order valence-electron chi connectivity index (χ2n) is 5.82. The van der Waals surface area contributed by atoms with E-state index in [1.807, 2.05) is 6.07 Å². The van der Waals surface area contributed by atoms with Crippen molar-refractivity contribution in [1.82, 2.24) is 9.97 Å². The molecule has 1 N–H and O–H groups in total. The maximum atomic E-state index is 13.0. The third-order valence-corrected chi connectivity index (χ3v) is 4.15. The number of pyridine rings is 2. The van der Waals surface area contributed by atoms with Crippen LogP contribution in [0.25, 0.3) is 0 Å². The number of piperidine rings is 1. The van der Waals surface area contributed by atoms with E-state index in [2.05, 4.69) is 20.2 Å². The summed E-state index contributed by atoms with van der Waals surface area (Å²) >= 11 is 0. The highest BCUT2D eigenvalue weighted by Crippen LogP contribution is 2.34. The van der Waals surface area contributed by atoms with Gasteiger partial charge < -0.3 is 10.2 Å². The van der Waals surface area contributed by atoms with Gasteiger partial charge in [0, 0.05) is 31.5 Å². The second kappa shape index (κ2) is 6.97. The van der Waals surface area contributed by atoms with Gasteiger partial charge in [-0.25, -0.2) is 9.97 Å². The topological polar surface area (TPSA) is 64.8 Å². The molecule has 0 radical (unpaired) electrons. The Morgan fingerprint density at radius 2 is 1.92 bits per heavy atom. The third kappa shape index (κ3) is 3.99. The molecule has 2 aromatic rings. The molecule has 5 nitrogen and oxygen atoms in total. The summed E-state index contributed by atoms with van der Waals surface area (Å²) in [5, 5.41) is 11.7. The number of rotatable bonds is 3. The van der Waals surface area contributed by atoms with E-state index in [1.54, 1.807) is 12.1 Å². The van der Waals surface area contributed by atoms with Gasteiger partial charge in [0.25, 0.3) is 0 Å². The number of aromatic nitrogens is 2. The van der Waals surface area contributed by atoms with Gasteiger partial charge in [-0.1, -0.05) is 0 Å². The number of anilines is 2. The number of hydrogen-bond acceptors (Lipinski definition) is 5. The van der Waals surface area contributed by atoms with Crippen molar-refractivity contribution in [3.8, 4) is 6.07 Å². The van der Waals surface area contributed by atoms with Crippen LogP contribution in [-0.2, 0) is 6.18 Å². The van der Waals surface area contributed by atoms with Gasteiger partial charge in [-0.05, 0) is 37.1 Å². The first-order valence-corrected chi connectivity index (χ1v) is 7.87. The van der Waals surface area contributed by atoms with Crippen LogP contribution in [-0.4, -0.2) is 29.1 Å². The molecule has 0 unspecified atom stereocenters. The normalized spacial score (nSPS) is 15.7. The fourth-order valence-corrected chi connectivity index (χ4v) is 2.83. The minimum atomic E-state index is -4.43. The lowest BCUT2D eigenvalue weighted by molar-refractivity contribution is -0.137. The summed E-state index contributed by atoms with van der Waals surface area (Å²) in [7, 11) is 0. The lowest BCUT2D eigenvalue weighted by Gasteiger charge is -2.33. The van der Waals surface area contributed by atoms with Gasteiger partial charge in [-0.2, -0.15) is 18.4 Å². The Labute approximate surface area is 143 Å². The molecular formula is C17H16F3N5. The van der Waals surface area contributed by atoms with Crippen molar-refractivity contribution in [2.45, 2.75) is 25.1 Å². The van der Waals surface area contributed by atoms with Gasteiger partial charge in [-0.15, -0.1) is 0 Å². The van der Waals surface area contributed by atoms with Gasteiger partial charge in [0.1, 0.15) is 17.7 Å². The predicted octanol–water partition coefficient (Wildman–Crippen LogP) is 3.45. The van der Waals surface area contributed by atoms with Crippen molar-refractivity contribution < 1.29 is 13.2 Å². The Kier molecular flexibility index (Phi) is 4.74. The van der Waals surface area contributed by atoms with Crippen molar-refractivity contribution in [1.29, 1.82) is 5.26 Å². The summed E-state index contributed by atoms with van der Waals surface area (Å²) in [6.07, 6.45) is -0.203. The molecule has 0 saturated carbocycles. The van der Waals surface area contributed by atoms with Crippen molar-refractivity contribution in [3.05, 3.63) is 47.8 Å². The average Bonchev–Trinajstić information content (AvgIpc) is 2.62. The van der Waals surface area contributed by atoms with Crippen molar-refractivity contribution >= 4 is 11.6 Å². The van der Waals surface area contributed by atoms with E-state index in [-0.39, 0.29) is 11.9 Å². The Balaban J connectivity index is 1.63. The highest BCUT2D eigenvalue weighted by molar-refractivity contribution is 5.47. The molecule has 2 aromatic heterocycles. The Morgan fingerprint density at radius 1 is 1.16 bits per heavy atom. The number of nitriles is 1. The summed E-state index contributed by atoms with van der Waals surface area (Å²) in [5.74, 6) is 0.649.